The fraction of sp³-hybridized carbons (Fsp3) is 0.300. The van der Waals surface area contributed by atoms with Crippen molar-refractivity contribution in [3.05, 3.63) is 30.6 Å². The lowest BCUT2D eigenvalue weighted by Crippen LogP contribution is -2.08. The molecule has 0 aliphatic heterocycles. The van der Waals surface area contributed by atoms with E-state index in [2.05, 4.69) is 15.5 Å². The van der Waals surface area contributed by atoms with Crippen LogP contribution in [-0.4, -0.2) is 26.3 Å². The monoisotopic (exact) mass is 204 g/mol. The molecule has 0 bridgehead atoms. The van der Waals surface area contributed by atoms with E-state index in [9.17, 15) is 0 Å². The molecule has 0 amide bonds. The van der Waals surface area contributed by atoms with Gasteiger partial charge in [-0.05, 0) is 36.4 Å². The van der Waals surface area contributed by atoms with Crippen molar-refractivity contribution in [2.45, 2.75) is 20.0 Å². The first-order chi connectivity index (χ1) is 7.27. The van der Waals surface area contributed by atoms with Crippen LogP contribution in [0, 0.1) is 0 Å². The van der Waals surface area contributed by atoms with Gasteiger partial charge in [-0.2, -0.15) is 4.68 Å². The Morgan fingerprint density at radius 2 is 2.07 bits per heavy atom. The fourth-order valence-corrected chi connectivity index (χ4v) is 1.27. The van der Waals surface area contributed by atoms with Gasteiger partial charge >= 0.3 is 0 Å². The summed E-state index contributed by atoms with van der Waals surface area (Å²) in [4.78, 5) is 0. The Morgan fingerprint density at radius 3 is 2.73 bits per heavy atom. The van der Waals surface area contributed by atoms with E-state index in [0.29, 0.717) is 0 Å². The molecule has 78 valence electrons. The van der Waals surface area contributed by atoms with Crippen LogP contribution in [0.1, 0.15) is 13.8 Å². The minimum Gasteiger partial charge on any atom is -0.489 e. The van der Waals surface area contributed by atoms with Gasteiger partial charge in [-0.25, -0.2) is 0 Å². The van der Waals surface area contributed by atoms with Crippen molar-refractivity contribution in [2.75, 3.05) is 0 Å². The zero-order valence-electron chi connectivity index (χ0n) is 8.66. The molecule has 0 aliphatic rings. The van der Waals surface area contributed by atoms with Gasteiger partial charge in [0.2, 0.25) is 0 Å². The molecule has 2 aromatic rings. The van der Waals surface area contributed by atoms with Crippen LogP contribution < -0.4 is 4.74 Å². The third-order valence-electron chi connectivity index (χ3n) is 1.82. The van der Waals surface area contributed by atoms with Crippen molar-refractivity contribution in [1.82, 2.24) is 20.2 Å². The van der Waals surface area contributed by atoms with Crippen LogP contribution in [0.25, 0.3) is 5.69 Å². The lowest BCUT2D eigenvalue weighted by atomic mass is 10.3. The lowest BCUT2D eigenvalue weighted by Gasteiger charge is -2.12. The molecular weight excluding hydrogens is 192 g/mol. The van der Waals surface area contributed by atoms with Crippen molar-refractivity contribution >= 4 is 0 Å². The number of hydrogen-bond acceptors (Lipinski definition) is 4. The van der Waals surface area contributed by atoms with E-state index in [1.54, 1.807) is 11.0 Å². The van der Waals surface area contributed by atoms with Crippen molar-refractivity contribution < 1.29 is 4.74 Å². The summed E-state index contributed by atoms with van der Waals surface area (Å²) >= 11 is 0. The Bertz CT molecular complexity index is 425. The van der Waals surface area contributed by atoms with E-state index in [0.717, 1.165) is 11.4 Å². The summed E-state index contributed by atoms with van der Waals surface area (Å²) in [5.41, 5.74) is 0.844. The van der Waals surface area contributed by atoms with Gasteiger partial charge in [-0.15, -0.1) is 5.10 Å². The maximum Gasteiger partial charge on any atom is 0.145 e. The van der Waals surface area contributed by atoms with Crippen LogP contribution in [0.4, 0.5) is 0 Å². The van der Waals surface area contributed by atoms with Crippen LogP contribution in [0.3, 0.4) is 0 Å². The van der Waals surface area contributed by atoms with Gasteiger partial charge in [0.15, 0.2) is 0 Å². The van der Waals surface area contributed by atoms with Gasteiger partial charge in [0, 0.05) is 0 Å². The highest BCUT2D eigenvalue weighted by molar-refractivity contribution is 5.45. The lowest BCUT2D eigenvalue weighted by molar-refractivity contribution is 0.241. The standard InChI is InChI=1S/C10H12N4O/c1-8(2)15-10-6-4-3-5-9(10)14-7-11-12-13-14/h3-8H,1-2H3. The second kappa shape index (κ2) is 4.08. The normalized spacial score (nSPS) is 10.6. The third-order valence-corrected chi connectivity index (χ3v) is 1.82. The summed E-state index contributed by atoms with van der Waals surface area (Å²) in [5, 5.41) is 11.0. The van der Waals surface area contributed by atoms with Crippen molar-refractivity contribution in [2.24, 2.45) is 0 Å². The van der Waals surface area contributed by atoms with Gasteiger partial charge in [-0.1, -0.05) is 12.1 Å². The van der Waals surface area contributed by atoms with E-state index in [-0.39, 0.29) is 6.10 Å². The quantitative estimate of drug-likeness (QED) is 0.759. The molecule has 0 atom stereocenters. The average Bonchev–Trinajstić information content (AvgIpc) is 2.70. The maximum absolute atomic E-state index is 5.65. The zero-order valence-corrected chi connectivity index (χ0v) is 8.66. The van der Waals surface area contributed by atoms with Crippen LogP contribution in [0.15, 0.2) is 30.6 Å². The minimum absolute atomic E-state index is 0.127. The molecule has 0 spiro atoms. The molecule has 1 heterocycles. The van der Waals surface area contributed by atoms with E-state index in [1.165, 1.54) is 0 Å². The summed E-state index contributed by atoms with van der Waals surface area (Å²) in [7, 11) is 0. The molecule has 5 heteroatoms. The number of ether oxygens (including phenoxy) is 1. The molecule has 1 aromatic heterocycles. The summed E-state index contributed by atoms with van der Waals surface area (Å²) in [6.45, 7) is 3.97. The molecule has 0 radical (unpaired) electrons. The first-order valence-corrected chi connectivity index (χ1v) is 4.76. The average molecular weight is 204 g/mol. The van der Waals surface area contributed by atoms with Crippen molar-refractivity contribution in [3.63, 3.8) is 0 Å². The predicted molar refractivity (Wildman–Crippen MR) is 54.9 cm³/mol. The molecule has 2 rings (SSSR count). The summed E-state index contributed by atoms with van der Waals surface area (Å²) < 4.78 is 7.23. The summed E-state index contributed by atoms with van der Waals surface area (Å²) in [6, 6.07) is 7.65. The number of nitrogens with zero attached hydrogens (tertiary/aromatic N) is 4. The minimum atomic E-state index is 0.127. The van der Waals surface area contributed by atoms with Crippen LogP contribution >= 0.6 is 0 Å². The van der Waals surface area contributed by atoms with Crippen LogP contribution in [0.2, 0.25) is 0 Å². The van der Waals surface area contributed by atoms with Crippen LogP contribution in [-0.2, 0) is 0 Å². The Labute approximate surface area is 87.7 Å². The zero-order chi connectivity index (χ0) is 10.7. The molecule has 1 aromatic carbocycles. The SMILES string of the molecule is CC(C)Oc1ccccc1-n1cnnn1. The van der Waals surface area contributed by atoms with Gasteiger partial charge < -0.3 is 4.74 Å². The Morgan fingerprint density at radius 1 is 1.27 bits per heavy atom. The first kappa shape index (κ1) is 9.64. The topological polar surface area (TPSA) is 52.8 Å². The summed E-state index contributed by atoms with van der Waals surface area (Å²) in [6.07, 6.45) is 1.67. The van der Waals surface area contributed by atoms with Gasteiger partial charge in [0.1, 0.15) is 17.8 Å². The predicted octanol–water partition coefficient (Wildman–Crippen LogP) is 1.45. The highest BCUT2D eigenvalue weighted by Crippen LogP contribution is 2.21. The Kier molecular flexibility index (Phi) is 2.62. The van der Waals surface area contributed by atoms with E-state index in [4.69, 9.17) is 4.74 Å². The Hall–Kier alpha value is -1.91. The van der Waals surface area contributed by atoms with Gasteiger partial charge in [0.25, 0.3) is 0 Å². The van der Waals surface area contributed by atoms with Crippen LogP contribution in [0.5, 0.6) is 5.75 Å². The third kappa shape index (κ3) is 2.12. The number of rotatable bonds is 3. The second-order valence-electron chi connectivity index (χ2n) is 3.39. The maximum atomic E-state index is 5.65. The van der Waals surface area contributed by atoms with E-state index < -0.39 is 0 Å². The molecule has 0 saturated heterocycles. The molecule has 5 nitrogen and oxygen atoms in total. The van der Waals surface area contributed by atoms with Gasteiger partial charge in [-0.3, -0.25) is 0 Å². The molecular formula is C10H12N4O. The summed E-state index contributed by atoms with van der Waals surface area (Å²) in [5.74, 6) is 0.778. The second-order valence-corrected chi connectivity index (χ2v) is 3.39. The fourth-order valence-electron chi connectivity index (χ4n) is 1.27. The molecule has 0 N–H and O–H groups in total. The number of hydrogen-bond donors (Lipinski definition) is 0. The number of tetrazole rings is 1. The smallest absolute Gasteiger partial charge is 0.145 e. The van der Waals surface area contributed by atoms with Crippen molar-refractivity contribution in [3.8, 4) is 11.4 Å². The highest BCUT2D eigenvalue weighted by Gasteiger charge is 2.07. The van der Waals surface area contributed by atoms with Gasteiger partial charge in [0.05, 0.1) is 6.10 Å². The number of benzene rings is 1. The van der Waals surface area contributed by atoms with E-state index >= 15 is 0 Å². The van der Waals surface area contributed by atoms with Crippen molar-refractivity contribution in [1.29, 1.82) is 0 Å². The highest BCUT2D eigenvalue weighted by atomic mass is 16.5. The number of para-hydroxylation sites is 2. The largest absolute Gasteiger partial charge is 0.489 e. The number of aromatic nitrogens is 4. The molecule has 0 saturated carbocycles. The first-order valence-electron chi connectivity index (χ1n) is 4.76. The van der Waals surface area contributed by atoms with E-state index in [1.807, 2.05) is 38.1 Å². The molecule has 0 fully saturated rings. The molecule has 0 unspecified atom stereocenters. The Balaban J connectivity index is 2.38. The molecule has 15 heavy (non-hydrogen) atoms. The molecule has 0 aliphatic carbocycles.